The molecule has 0 atom stereocenters. The Kier molecular flexibility index (Phi) is 5.25. The van der Waals surface area contributed by atoms with Gasteiger partial charge in [0.25, 0.3) is 5.91 Å². The molecular weight excluding hydrogens is 376 g/mol. The van der Waals surface area contributed by atoms with Crippen LogP contribution >= 0.6 is 11.3 Å². The Bertz CT molecular complexity index is 1000. The third-order valence-electron chi connectivity index (χ3n) is 4.12. The van der Waals surface area contributed by atoms with Crippen molar-refractivity contribution in [2.75, 3.05) is 23.8 Å². The fraction of sp³-hybridized carbons (Fsp3) is 0.143. The molecular formula is C21H18N2O4S. The standard InChI is InChI=1S/C21H18N2O4S/c24-20(12-14-6-7-17-18(11-14)27-9-8-26-17)22-15-3-1-4-16(13-15)23-21(25)19-5-2-10-28-19/h1-7,10-11,13H,8-9,12H2,(H,22,24)(H,23,25). The summed E-state index contributed by atoms with van der Waals surface area (Å²) in [4.78, 5) is 25.2. The molecule has 1 aromatic heterocycles. The molecule has 2 aromatic carbocycles. The van der Waals surface area contributed by atoms with Gasteiger partial charge in [-0.1, -0.05) is 18.2 Å². The average Bonchev–Trinajstić information content (AvgIpc) is 3.23. The molecule has 1 aliphatic rings. The molecule has 0 bridgehead atoms. The highest BCUT2D eigenvalue weighted by molar-refractivity contribution is 7.12. The summed E-state index contributed by atoms with van der Waals surface area (Å²) < 4.78 is 11.0. The van der Waals surface area contributed by atoms with E-state index < -0.39 is 0 Å². The van der Waals surface area contributed by atoms with E-state index in [1.807, 2.05) is 29.6 Å². The van der Waals surface area contributed by atoms with Crippen LogP contribution in [0.1, 0.15) is 15.2 Å². The Hall–Kier alpha value is -3.32. The first-order chi connectivity index (χ1) is 13.7. The largest absolute Gasteiger partial charge is 0.486 e. The summed E-state index contributed by atoms with van der Waals surface area (Å²) in [7, 11) is 0. The highest BCUT2D eigenvalue weighted by Gasteiger charge is 2.13. The van der Waals surface area contributed by atoms with Crippen molar-refractivity contribution in [1.82, 2.24) is 0 Å². The quantitative estimate of drug-likeness (QED) is 0.687. The van der Waals surface area contributed by atoms with Gasteiger partial charge in [0.1, 0.15) is 13.2 Å². The molecule has 28 heavy (non-hydrogen) atoms. The molecule has 0 spiro atoms. The zero-order valence-corrected chi connectivity index (χ0v) is 15.8. The number of hydrogen-bond donors (Lipinski definition) is 2. The van der Waals surface area contributed by atoms with Crippen molar-refractivity contribution in [3.8, 4) is 11.5 Å². The molecule has 4 rings (SSSR count). The van der Waals surface area contributed by atoms with E-state index >= 15 is 0 Å². The van der Waals surface area contributed by atoms with E-state index in [0.717, 1.165) is 5.56 Å². The van der Waals surface area contributed by atoms with Crippen LogP contribution in [0.4, 0.5) is 11.4 Å². The predicted molar refractivity (Wildman–Crippen MR) is 108 cm³/mol. The highest BCUT2D eigenvalue weighted by Crippen LogP contribution is 2.31. The fourth-order valence-corrected chi connectivity index (χ4v) is 3.48. The van der Waals surface area contributed by atoms with E-state index in [4.69, 9.17) is 9.47 Å². The second-order valence-electron chi connectivity index (χ2n) is 6.22. The maximum absolute atomic E-state index is 12.4. The lowest BCUT2D eigenvalue weighted by atomic mass is 10.1. The molecule has 3 aromatic rings. The molecule has 142 valence electrons. The van der Waals surface area contributed by atoms with E-state index in [-0.39, 0.29) is 18.2 Å². The topological polar surface area (TPSA) is 76.7 Å². The van der Waals surface area contributed by atoms with Gasteiger partial charge in [-0.2, -0.15) is 0 Å². The normalized spacial score (nSPS) is 12.3. The summed E-state index contributed by atoms with van der Waals surface area (Å²) in [6.07, 6.45) is 0.211. The molecule has 0 aliphatic carbocycles. The maximum atomic E-state index is 12.4. The summed E-state index contributed by atoms with van der Waals surface area (Å²) in [5.74, 6) is 1.03. The number of thiophene rings is 1. The number of anilines is 2. The number of rotatable bonds is 5. The minimum absolute atomic E-state index is 0.154. The first kappa shape index (κ1) is 18.1. The molecule has 0 saturated carbocycles. The van der Waals surface area contributed by atoms with Gasteiger partial charge in [-0.3, -0.25) is 9.59 Å². The molecule has 2 N–H and O–H groups in total. The van der Waals surface area contributed by atoms with Crippen LogP contribution in [0, 0.1) is 0 Å². The van der Waals surface area contributed by atoms with Crippen LogP contribution < -0.4 is 20.1 Å². The molecule has 0 radical (unpaired) electrons. The summed E-state index contributed by atoms with van der Waals surface area (Å²) in [6.45, 7) is 1.04. The minimum Gasteiger partial charge on any atom is -0.486 e. The Labute approximate surface area is 166 Å². The smallest absolute Gasteiger partial charge is 0.265 e. The van der Waals surface area contributed by atoms with E-state index in [0.29, 0.717) is 41.0 Å². The zero-order valence-electron chi connectivity index (χ0n) is 14.9. The summed E-state index contributed by atoms with van der Waals surface area (Å²) in [6, 6.07) is 16.2. The second kappa shape index (κ2) is 8.14. The molecule has 0 saturated heterocycles. The van der Waals surface area contributed by atoms with Crippen molar-refractivity contribution in [1.29, 1.82) is 0 Å². The number of amides is 2. The van der Waals surface area contributed by atoms with E-state index in [1.54, 1.807) is 30.3 Å². The van der Waals surface area contributed by atoms with Gasteiger partial charge in [-0.05, 0) is 47.3 Å². The predicted octanol–water partition coefficient (Wildman–Crippen LogP) is 3.95. The van der Waals surface area contributed by atoms with Crippen molar-refractivity contribution < 1.29 is 19.1 Å². The molecule has 7 heteroatoms. The van der Waals surface area contributed by atoms with Crippen LogP contribution in [0.15, 0.2) is 60.0 Å². The lowest BCUT2D eigenvalue weighted by Crippen LogP contribution is -2.17. The first-order valence-corrected chi connectivity index (χ1v) is 9.69. The number of benzene rings is 2. The lowest BCUT2D eigenvalue weighted by molar-refractivity contribution is -0.115. The molecule has 2 heterocycles. The number of carbonyl (C=O) groups is 2. The lowest BCUT2D eigenvalue weighted by Gasteiger charge is -2.18. The molecule has 1 aliphatic heterocycles. The van der Waals surface area contributed by atoms with E-state index in [1.165, 1.54) is 11.3 Å². The van der Waals surface area contributed by atoms with Gasteiger partial charge in [-0.15, -0.1) is 11.3 Å². The Balaban J connectivity index is 1.38. The summed E-state index contributed by atoms with van der Waals surface area (Å²) in [5.41, 5.74) is 2.07. The summed E-state index contributed by atoms with van der Waals surface area (Å²) in [5, 5.41) is 7.54. The number of hydrogen-bond acceptors (Lipinski definition) is 5. The van der Waals surface area contributed by atoms with Crippen LogP contribution in [0.3, 0.4) is 0 Å². The fourth-order valence-electron chi connectivity index (χ4n) is 2.86. The molecule has 0 unspecified atom stereocenters. The van der Waals surface area contributed by atoms with Gasteiger partial charge in [0, 0.05) is 11.4 Å². The monoisotopic (exact) mass is 394 g/mol. The Morgan fingerprint density at radius 2 is 1.68 bits per heavy atom. The van der Waals surface area contributed by atoms with Crippen molar-refractivity contribution in [3.63, 3.8) is 0 Å². The Morgan fingerprint density at radius 1 is 0.893 bits per heavy atom. The van der Waals surface area contributed by atoms with Crippen LogP contribution in [-0.4, -0.2) is 25.0 Å². The van der Waals surface area contributed by atoms with Crippen molar-refractivity contribution in [2.24, 2.45) is 0 Å². The van der Waals surface area contributed by atoms with Gasteiger partial charge in [0.05, 0.1) is 11.3 Å². The summed E-state index contributed by atoms with van der Waals surface area (Å²) >= 11 is 1.38. The van der Waals surface area contributed by atoms with Gasteiger partial charge in [-0.25, -0.2) is 0 Å². The van der Waals surface area contributed by atoms with Gasteiger partial charge < -0.3 is 20.1 Å². The first-order valence-electron chi connectivity index (χ1n) is 8.81. The number of nitrogens with one attached hydrogen (secondary N) is 2. The second-order valence-corrected chi connectivity index (χ2v) is 7.16. The number of ether oxygens (including phenoxy) is 2. The highest BCUT2D eigenvalue weighted by atomic mass is 32.1. The molecule has 0 fully saturated rings. The van der Waals surface area contributed by atoms with Gasteiger partial charge in [0.15, 0.2) is 11.5 Å². The van der Waals surface area contributed by atoms with Gasteiger partial charge >= 0.3 is 0 Å². The Morgan fingerprint density at radius 3 is 2.46 bits per heavy atom. The van der Waals surface area contributed by atoms with Gasteiger partial charge in [0.2, 0.25) is 5.91 Å². The third-order valence-corrected chi connectivity index (χ3v) is 4.99. The van der Waals surface area contributed by atoms with Crippen molar-refractivity contribution in [2.45, 2.75) is 6.42 Å². The van der Waals surface area contributed by atoms with Crippen molar-refractivity contribution in [3.05, 3.63) is 70.4 Å². The van der Waals surface area contributed by atoms with E-state index in [2.05, 4.69) is 10.6 Å². The number of fused-ring (bicyclic) bond motifs is 1. The third kappa shape index (κ3) is 4.32. The SMILES string of the molecule is O=C(Cc1ccc2c(c1)OCCO2)Nc1cccc(NC(=O)c2cccs2)c1. The zero-order chi connectivity index (χ0) is 19.3. The molecule has 2 amide bonds. The van der Waals surface area contributed by atoms with Crippen LogP contribution in [0.2, 0.25) is 0 Å². The van der Waals surface area contributed by atoms with Crippen LogP contribution in [-0.2, 0) is 11.2 Å². The van der Waals surface area contributed by atoms with Crippen LogP contribution in [0.5, 0.6) is 11.5 Å². The number of carbonyl (C=O) groups excluding carboxylic acids is 2. The average molecular weight is 394 g/mol. The maximum Gasteiger partial charge on any atom is 0.265 e. The minimum atomic E-state index is -0.172. The molecule has 6 nitrogen and oxygen atoms in total. The van der Waals surface area contributed by atoms with Crippen molar-refractivity contribution >= 4 is 34.5 Å². The van der Waals surface area contributed by atoms with E-state index in [9.17, 15) is 9.59 Å². The van der Waals surface area contributed by atoms with Crippen LogP contribution in [0.25, 0.3) is 0 Å².